The molecular weight excluding hydrogens is 240 g/mol. The lowest BCUT2D eigenvalue weighted by Gasteiger charge is -2.36. The number of anilines is 1. The van der Waals surface area contributed by atoms with Gasteiger partial charge in [-0.05, 0) is 32.2 Å². The molecule has 1 fully saturated rings. The quantitative estimate of drug-likeness (QED) is 0.762. The molecule has 1 saturated heterocycles. The van der Waals surface area contributed by atoms with E-state index in [1.807, 2.05) is 0 Å². The topological polar surface area (TPSA) is 69.8 Å². The average Bonchev–Trinajstić information content (AvgIpc) is 2.87. The molecular formula is C14H24N4O. The van der Waals surface area contributed by atoms with Crippen molar-refractivity contribution in [3.05, 3.63) is 11.8 Å². The van der Waals surface area contributed by atoms with Crippen molar-refractivity contribution in [2.24, 2.45) is 5.41 Å². The Kier molecular flexibility index (Phi) is 4.58. The predicted octanol–water partition coefficient (Wildman–Crippen LogP) is 2.08. The second kappa shape index (κ2) is 6.19. The number of nitrogens with one attached hydrogen (secondary N) is 3. The fraction of sp³-hybridized carbons (Fsp3) is 0.714. The van der Waals surface area contributed by atoms with Crippen LogP contribution in [0.1, 0.15) is 45.1 Å². The summed E-state index contributed by atoms with van der Waals surface area (Å²) in [5, 5.41) is 13.3. The Labute approximate surface area is 114 Å². The molecule has 1 aliphatic rings. The van der Waals surface area contributed by atoms with Crippen LogP contribution < -0.4 is 10.6 Å². The van der Waals surface area contributed by atoms with Crippen molar-refractivity contribution in [1.82, 2.24) is 15.5 Å². The highest BCUT2D eigenvalue weighted by atomic mass is 16.2. The normalized spacial score (nSPS) is 23.3. The number of rotatable bonds is 5. The number of H-pyrrole nitrogens is 1. The maximum atomic E-state index is 12.6. The third-order valence-electron chi connectivity index (χ3n) is 4.02. The molecule has 3 N–H and O–H groups in total. The van der Waals surface area contributed by atoms with Gasteiger partial charge in [0.1, 0.15) is 5.82 Å². The second-order valence-corrected chi connectivity index (χ2v) is 5.39. The van der Waals surface area contributed by atoms with Crippen LogP contribution in [0.15, 0.2) is 6.20 Å². The molecule has 0 bridgehead atoms. The average molecular weight is 264 g/mol. The molecule has 1 aromatic heterocycles. The Morgan fingerprint density at radius 2 is 2.37 bits per heavy atom. The summed E-state index contributed by atoms with van der Waals surface area (Å²) >= 11 is 0. The van der Waals surface area contributed by atoms with E-state index in [4.69, 9.17) is 0 Å². The number of aryl methyl sites for hydroxylation is 1. The van der Waals surface area contributed by atoms with Crippen LogP contribution in [-0.2, 0) is 11.2 Å². The van der Waals surface area contributed by atoms with Gasteiger partial charge in [-0.25, -0.2) is 0 Å². The number of aromatic nitrogens is 2. The maximum Gasteiger partial charge on any atom is 0.233 e. The van der Waals surface area contributed by atoms with Crippen molar-refractivity contribution in [2.75, 3.05) is 18.4 Å². The van der Waals surface area contributed by atoms with Crippen molar-refractivity contribution in [2.45, 2.75) is 46.0 Å². The van der Waals surface area contributed by atoms with E-state index >= 15 is 0 Å². The molecule has 0 aromatic carbocycles. The van der Waals surface area contributed by atoms with Gasteiger partial charge in [0.15, 0.2) is 0 Å². The summed E-state index contributed by atoms with van der Waals surface area (Å²) in [6.45, 7) is 5.99. The summed E-state index contributed by atoms with van der Waals surface area (Å²) in [5.74, 6) is 0.883. The number of hydrogen-bond acceptors (Lipinski definition) is 3. The standard InChI is InChI=1S/C14H24N4O/c1-3-6-14(7-5-8-15-10-14)13(19)17-12-11(4-2)9-16-18-12/h9,15H,3-8,10H2,1-2H3,(H2,16,17,18,19). The van der Waals surface area contributed by atoms with E-state index < -0.39 is 0 Å². The van der Waals surface area contributed by atoms with Crippen LogP contribution in [0.2, 0.25) is 0 Å². The zero-order valence-corrected chi connectivity index (χ0v) is 11.9. The lowest BCUT2D eigenvalue weighted by molar-refractivity contribution is -0.127. The smallest absolute Gasteiger partial charge is 0.233 e. The van der Waals surface area contributed by atoms with E-state index in [0.717, 1.165) is 56.6 Å². The molecule has 1 unspecified atom stereocenters. The fourth-order valence-electron chi connectivity index (χ4n) is 2.90. The van der Waals surface area contributed by atoms with Gasteiger partial charge in [-0.3, -0.25) is 9.89 Å². The van der Waals surface area contributed by atoms with Gasteiger partial charge in [0, 0.05) is 12.1 Å². The lowest BCUT2D eigenvalue weighted by Crippen LogP contribution is -2.48. The molecule has 5 heteroatoms. The van der Waals surface area contributed by atoms with Crippen molar-refractivity contribution in [1.29, 1.82) is 0 Å². The molecule has 106 valence electrons. The van der Waals surface area contributed by atoms with Crippen molar-refractivity contribution < 1.29 is 4.79 Å². The first-order chi connectivity index (χ1) is 9.22. The van der Waals surface area contributed by atoms with Gasteiger partial charge in [-0.2, -0.15) is 5.10 Å². The van der Waals surface area contributed by atoms with Crippen molar-refractivity contribution >= 4 is 11.7 Å². The summed E-state index contributed by atoms with van der Waals surface area (Å²) in [5.41, 5.74) is 0.798. The van der Waals surface area contributed by atoms with Crippen molar-refractivity contribution in [3.8, 4) is 0 Å². The predicted molar refractivity (Wildman–Crippen MR) is 76.0 cm³/mol. The molecule has 0 radical (unpaired) electrons. The van der Waals surface area contributed by atoms with Gasteiger partial charge in [-0.15, -0.1) is 0 Å². The molecule has 1 amide bonds. The zero-order valence-electron chi connectivity index (χ0n) is 11.9. The van der Waals surface area contributed by atoms with E-state index in [0.29, 0.717) is 0 Å². The Morgan fingerprint density at radius 1 is 1.53 bits per heavy atom. The number of nitrogens with zero attached hydrogens (tertiary/aromatic N) is 1. The molecule has 0 spiro atoms. The monoisotopic (exact) mass is 264 g/mol. The first-order valence-corrected chi connectivity index (χ1v) is 7.26. The van der Waals surface area contributed by atoms with Gasteiger partial charge in [0.25, 0.3) is 0 Å². The summed E-state index contributed by atoms with van der Waals surface area (Å²) in [7, 11) is 0. The third-order valence-corrected chi connectivity index (χ3v) is 4.02. The van der Waals surface area contributed by atoms with Crippen molar-refractivity contribution in [3.63, 3.8) is 0 Å². The fourth-order valence-corrected chi connectivity index (χ4v) is 2.90. The van der Waals surface area contributed by atoms with Crippen LogP contribution in [0.25, 0.3) is 0 Å². The van der Waals surface area contributed by atoms with Crippen LogP contribution >= 0.6 is 0 Å². The van der Waals surface area contributed by atoms with E-state index in [1.165, 1.54) is 0 Å². The van der Waals surface area contributed by atoms with Crippen LogP contribution in [0.3, 0.4) is 0 Å². The van der Waals surface area contributed by atoms with Gasteiger partial charge in [-0.1, -0.05) is 20.3 Å². The van der Waals surface area contributed by atoms with E-state index in [2.05, 4.69) is 34.7 Å². The van der Waals surface area contributed by atoms with Gasteiger partial charge < -0.3 is 10.6 Å². The Balaban J connectivity index is 2.11. The molecule has 0 saturated carbocycles. The SMILES string of the molecule is CCCC1(C(=O)Nc2[nH]ncc2CC)CCCNC1. The highest BCUT2D eigenvalue weighted by Crippen LogP contribution is 2.33. The molecule has 2 heterocycles. The summed E-state index contributed by atoms with van der Waals surface area (Å²) < 4.78 is 0. The molecule has 5 nitrogen and oxygen atoms in total. The van der Waals surface area contributed by atoms with E-state index in [1.54, 1.807) is 6.20 Å². The van der Waals surface area contributed by atoms with Crippen LogP contribution in [0, 0.1) is 5.41 Å². The van der Waals surface area contributed by atoms with Gasteiger partial charge >= 0.3 is 0 Å². The van der Waals surface area contributed by atoms with Crippen LogP contribution in [0.5, 0.6) is 0 Å². The van der Waals surface area contributed by atoms with Crippen LogP contribution in [0.4, 0.5) is 5.82 Å². The lowest BCUT2D eigenvalue weighted by atomic mass is 9.76. The molecule has 2 rings (SSSR count). The molecule has 1 atom stereocenters. The zero-order chi connectivity index (χ0) is 13.7. The molecule has 0 aliphatic carbocycles. The van der Waals surface area contributed by atoms with Gasteiger partial charge in [0.05, 0.1) is 11.6 Å². The minimum absolute atomic E-state index is 0.125. The number of hydrogen-bond donors (Lipinski definition) is 3. The molecule has 1 aliphatic heterocycles. The highest BCUT2D eigenvalue weighted by molar-refractivity contribution is 5.95. The van der Waals surface area contributed by atoms with Gasteiger partial charge in [0.2, 0.25) is 5.91 Å². The maximum absolute atomic E-state index is 12.6. The molecule has 19 heavy (non-hydrogen) atoms. The third kappa shape index (κ3) is 2.97. The Hall–Kier alpha value is -1.36. The highest BCUT2D eigenvalue weighted by Gasteiger charge is 2.38. The first kappa shape index (κ1) is 14.1. The minimum atomic E-state index is -0.261. The number of piperidine rings is 1. The molecule has 1 aromatic rings. The summed E-state index contributed by atoms with van der Waals surface area (Å²) in [6.07, 6.45) is 6.64. The summed E-state index contributed by atoms with van der Waals surface area (Å²) in [4.78, 5) is 12.6. The van der Waals surface area contributed by atoms with Crippen LogP contribution in [-0.4, -0.2) is 29.2 Å². The largest absolute Gasteiger partial charge is 0.316 e. The first-order valence-electron chi connectivity index (χ1n) is 7.26. The second-order valence-electron chi connectivity index (χ2n) is 5.39. The number of carbonyl (C=O) groups excluding carboxylic acids is 1. The minimum Gasteiger partial charge on any atom is -0.316 e. The Bertz CT molecular complexity index is 415. The Morgan fingerprint density at radius 3 is 3.00 bits per heavy atom. The summed E-state index contributed by atoms with van der Waals surface area (Å²) in [6, 6.07) is 0. The number of carbonyl (C=O) groups is 1. The number of aromatic amines is 1. The number of amides is 1. The van der Waals surface area contributed by atoms with E-state index in [-0.39, 0.29) is 11.3 Å². The van der Waals surface area contributed by atoms with E-state index in [9.17, 15) is 4.79 Å².